The van der Waals surface area contributed by atoms with Crippen LogP contribution in [0.3, 0.4) is 0 Å². The highest BCUT2D eigenvalue weighted by molar-refractivity contribution is 4.69. The van der Waals surface area contributed by atoms with E-state index in [0.717, 1.165) is 19.4 Å². The van der Waals surface area contributed by atoms with Crippen LogP contribution in [0.25, 0.3) is 0 Å². The smallest absolute Gasteiger partial charge is 0.238 e. The van der Waals surface area contributed by atoms with Crippen LogP contribution < -0.4 is 5.31 Å². The fraction of sp³-hybridized carbons (Fsp3) is 1.00. The molecule has 1 rings (SSSR count). The molecule has 1 saturated heterocycles. The van der Waals surface area contributed by atoms with Gasteiger partial charge in [-0.2, -0.15) is 0 Å². The van der Waals surface area contributed by atoms with Crippen LogP contribution in [0, 0.1) is 5.92 Å². The molecule has 1 aliphatic rings. The number of nitrogens with one attached hydrogen (secondary N) is 1. The maximum Gasteiger partial charge on any atom is 0.238 e. The number of rotatable bonds is 2. The van der Waals surface area contributed by atoms with Crippen LogP contribution >= 0.6 is 0 Å². The molecule has 1 N–H and O–H groups in total. The second-order valence-electron chi connectivity index (χ2n) is 2.76. The third kappa shape index (κ3) is 2.60. The molecule has 0 aromatic carbocycles. The Bertz CT molecular complexity index is 119. The highest BCUT2D eigenvalue weighted by atomic mass is 19.3. The first-order valence-corrected chi connectivity index (χ1v) is 3.70. The second-order valence-corrected chi connectivity index (χ2v) is 2.76. The lowest BCUT2D eigenvalue weighted by Crippen LogP contribution is -2.30. The normalized spacial score (nSPS) is 30.7. The number of hydrogen-bond acceptors (Lipinski definition) is 1. The summed E-state index contributed by atoms with van der Waals surface area (Å²) in [6.07, 6.45) is -0.484. The summed E-state index contributed by atoms with van der Waals surface area (Å²) < 4.78 is 31.0. The molecule has 0 saturated carbocycles. The summed E-state index contributed by atoms with van der Waals surface area (Å²) >= 11 is 0. The molecule has 3 heteroatoms. The lowest BCUT2D eigenvalue weighted by molar-refractivity contribution is 0.107. The Kier molecular flexibility index (Phi) is 2.52. The zero-order chi connectivity index (χ0) is 8.27. The van der Waals surface area contributed by atoms with E-state index in [1.165, 1.54) is 5.31 Å². The lowest BCUT2D eigenvalue weighted by atomic mass is 9.97. The summed E-state index contributed by atoms with van der Waals surface area (Å²) in [6, 6.07) is 0. The van der Waals surface area contributed by atoms with Gasteiger partial charge in [0.15, 0.2) is 0 Å². The van der Waals surface area contributed by atoms with Crippen molar-refractivity contribution in [3.8, 4) is 0 Å². The van der Waals surface area contributed by atoms with Gasteiger partial charge in [-0.05, 0) is 31.8 Å². The second kappa shape index (κ2) is 3.86. The van der Waals surface area contributed by atoms with Crippen molar-refractivity contribution in [3.63, 3.8) is 0 Å². The summed E-state index contributed by atoms with van der Waals surface area (Å²) in [4.78, 5) is 0. The Morgan fingerprint density at radius 1 is 1.70 bits per heavy atom. The number of piperidine rings is 1. The van der Waals surface area contributed by atoms with Crippen molar-refractivity contribution in [2.75, 3.05) is 13.1 Å². The standard InChI is InChI=1S/C7H13F2N/c8-7(9)4-6-2-1-3-10-5-6/h6-7,10H,1-5H2/t6-/m1/s1/i/hD. The maximum atomic E-state index is 11.9. The first-order chi connectivity index (χ1) is 5.18. The minimum Gasteiger partial charge on any atom is -0.316 e. The van der Waals surface area contributed by atoms with Crippen LogP contribution in [0.4, 0.5) is 8.78 Å². The maximum absolute atomic E-state index is 11.9. The molecule has 1 nitrogen and oxygen atoms in total. The summed E-state index contributed by atoms with van der Waals surface area (Å²) in [7, 11) is 0. The van der Waals surface area contributed by atoms with E-state index in [1.807, 2.05) is 0 Å². The van der Waals surface area contributed by atoms with Crippen molar-refractivity contribution in [1.29, 1.82) is 0 Å². The molecule has 0 aromatic rings. The number of halogens is 2. The van der Waals surface area contributed by atoms with E-state index in [0.29, 0.717) is 6.54 Å². The van der Waals surface area contributed by atoms with Crippen LogP contribution in [-0.2, 0) is 0 Å². The molecular formula is C7H13F2N. The Morgan fingerprint density at radius 3 is 3.10 bits per heavy atom. The molecule has 60 valence electrons. The van der Waals surface area contributed by atoms with Gasteiger partial charge in [0.05, 0.1) is 0 Å². The first-order valence-electron chi connectivity index (χ1n) is 4.15. The molecule has 1 heterocycles. The first kappa shape index (κ1) is 6.53. The van der Waals surface area contributed by atoms with E-state index >= 15 is 0 Å². The Labute approximate surface area is 61.3 Å². The summed E-state index contributed by atoms with van der Waals surface area (Å²) in [5.41, 5.74) is 0. The zero-order valence-corrected chi connectivity index (χ0v) is 5.89. The van der Waals surface area contributed by atoms with Gasteiger partial charge < -0.3 is 5.31 Å². The van der Waals surface area contributed by atoms with Crippen LogP contribution in [0.5, 0.6) is 0 Å². The van der Waals surface area contributed by atoms with Gasteiger partial charge in [-0.1, -0.05) is 0 Å². The minimum absolute atomic E-state index is 0.0324. The van der Waals surface area contributed by atoms with Gasteiger partial charge >= 0.3 is 0 Å². The molecule has 0 spiro atoms. The topological polar surface area (TPSA) is 12.0 Å². The highest BCUT2D eigenvalue weighted by Crippen LogP contribution is 2.17. The van der Waals surface area contributed by atoms with Crippen LogP contribution in [0.15, 0.2) is 0 Å². The molecule has 0 unspecified atom stereocenters. The summed E-state index contributed by atoms with van der Waals surface area (Å²) in [5, 5.41) is 1.39. The molecule has 0 aromatic heterocycles. The quantitative estimate of drug-likeness (QED) is 0.631. The third-order valence-electron chi connectivity index (χ3n) is 1.83. The predicted octanol–water partition coefficient (Wildman–Crippen LogP) is 1.64. The van der Waals surface area contributed by atoms with E-state index in [1.54, 1.807) is 0 Å². The van der Waals surface area contributed by atoms with Gasteiger partial charge in [-0.15, -0.1) is 0 Å². The fourth-order valence-electron chi connectivity index (χ4n) is 1.30. The molecule has 0 amide bonds. The molecule has 10 heavy (non-hydrogen) atoms. The van der Waals surface area contributed by atoms with Crippen molar-refractivity contribution >= 4 is 0 Å². The molecule has 1 aliphatic heterocycles. The van der Waals surface area contributed by atoms with Crippen molar-refractivity contribution in [2.45, 2.75) is 25.7 Å². The van der Waals surface area contributed by atoms with Gasteiger partial charge in [0, 0.05) is 6.42 Å². The van der Waals surface area contributed by atoms with Crippen molar-refractivity contribution in [1.82, 2.24) is 5.31 Å². The van der Waals surface area contributed by atoms with Gasteiger partial charge in [0.1, 0.15) is 1.41 Å². The van der Waals surface area contributed by atoms with E-state index < -0.39 is 6.43 Å². The van der Waals surface area contributed by atoms with E-state index in [2.05, 4.69) is 0 Å². The van der Waals surface area contributed by atoms with Crippen molar-refractivity contribution < 1.29 is 10.2 Å². The van der Waals surface area contributed by atoms with Crippen molar-refractivity contribution in [2.24, 2.45) is 5.92 Å². The Hall–Kier alpha value is -0.180. The van der Waals surface area contributed by atoms with Gasteiger partial charge in [-0.25, -0.2) is 8.78 Å². The van der Waals surface area contributed by atoms with E-state index in [4.69, 9.17) is 1.41 Å². The van der Waals surface area contributed by atoms with E-state index in [-0.39, 0.29) is 12.3 Å². The predicted molar refractivity (Wildman–Crippen MR) is 36.2 cm³/mol. The van der Waals surface area contributed by atoms with Crippen LogP contribution in [0.1, 0.15) is 19.3 Å². The molecule has 0 aliphatic carbocycles. The molecular weight excluding hydrogens is 136 g/mol. The minimum atomic E-state index is -2.20. The highest BCUT2D eigenvalue weighted by Gasteiger charge is 2.16. The summed E-state index contributed by atoms with van der Waals surface area (Å²) in [5.74, 6) is 0.0428. The Morgan fingerprint density at radius 2 is 2.50 bits per heavy atom. The van der Waals surface area contributed by atoms with Crippen molar-refractivity contribution in [3.05, 3.63) is 0 Å². The largest absolute Gasteiger partial charge is 0.316 e. The van der Waals surface area contributed by atoms with Gasteiger partial charge in [-0.3, -0.25) is 0 Å². The van der Waals surface area contributed by atoms with Gasteiger partial charge in [0.2, 0.25) is 6.43 Å². The average molecular weight is 150 g/mol. The molecule has 0 radical (unpaired) electrons. The monoisotopic (exact) mass is 150 g/mol. The SMILES string of the molecule is [2H]N1CCC[C@H](CC(F)F)C1. The Balaban J connectivity index is 2.23. The molecule has 1 atom stereocenters. The van der Waals surface area contributed by atoms with Crippen LogP contribution in [-0.4, -0.2) is 19.5 Å². The van der Waals surface area contributed by atoms with Gasteiger partial charge in [0.25, 0.3) is 0 Å². The zero-order valence-electron chi connectivity index (χ0n) is 6.89. The molecule has 1 fully saturated rings. The average Bonchev–Trinajstić information content (AvgIpc) is 1.85. The fourth-order valence-corrected chi connectivity index (χ4v) is 1.30. The van der Waals surface area contributed by atoms with Crippen LogP contribution in [0.2, 0.25) is 1.41 Å². The number of alkyl halides is 2. The molecule has 0 bridgehead atoms. The lowest BCUT2D eigenvalue weighted by Gasteiger charge is -2.21. The number of hydrogen-bond donors (Lipinski definition) is 1. The van der Waals surface area contributed by atoms with E-state index in [9.17, 15) is 8.78 Å². The summed E-state index contributed by atoms with van der Waals surface area (Å²) in [6.45, 7) is 1.25. The third-order valence-corrected chi connectivity index (χ3v) is 1.83.